The Hall–Kier alpha value is -3.13. The second-order valence-electron chi connectivity index (χ2n) is 9.23. The van der Waals surface area contributed by atoms with Gasteiger partial charge in [-0.15, -0.1) is 0 Å². The van der Waals surface area contributed by atoms with Crippen LogP contribution < -0.4 is 14.9 Å². The number of nitrogens with zero attached hydrogens (tertiary/aromatic N) is 4. The first-order chi connectivity index (χ1) is 14.5. The quantitative estimate of drug-likeness (QED) is 0.432. The van der Waals surface area contributed by atoms with Crippen LogP contribution in [-0.2, 0) is 0 Å². The van der Waals surface area contributed by atoms with Crippen molar-refractivity contribution in [2.45, 2.75) is 45.3 Å². The average molecular weight is 425 g/mol. The fraction of sp³-hybridized carbons (Fsp3) is 0.435. The molecule has 31 heavy (non-hydrogen) atoms. The minimum Gasteiger partial charge on any atom is -0.390 e. The Balaban J connectivity index is 1.63. The highest BCUT2D eigenvalue weighted by Gasteiger charge is 2.40. The summed E-state index contributed by atoms with van der Waals surface area (Å²) in [5, 5.41) is 29.0. The van der Waals surface area contributed by atoms with Crippen LogP contribution >= 0.6 is 0 Å². The van der Waals surface area contributed by atoms with Gasteiger partial charge in [0, 0.05) is 49.5 Å². The standard InChI is InChI=1S/C23H29N5O3/c1-14-7-6-8-20(28(14)31)22(29)24-19-9-15-13-27(17-10-16(11-17)23(2,3)30)25-18(15)12-21(19)26(4)5/h6-9,12-13,16-17,30H,10-11H2,1-5H3,(H-,24,29,31)/p+1/t16-,17-. The lowest BCUT2D eigenvalue weighted by Gasteiger charge is -2.42. The molecule has 2 aromatic heterocycles. The zero-order valence-electron chi connectivity index (χ0n) is 18.6. The lowest BCUT2D eigenvalue weighted by atomic mass is 9.71. The molecule has 1 aliphatic rings. The molecule has 0 aliphatic heterocycles. The number of hydrogen-bond donors (Lipinski definition) is 3. The first kappa shape index (κ1) is 21.1. The SMILES string of the molecule is Cc1cccc(C(=O)Nc2cc3cn([C@H]4C[C@H](C(C)(C)O)C4)nc3cc2N(C)C)[n+]1O. The maximum atomic E-state index is 12.8. The van der Waals surface area contributed by atoms with E-state index in [0.29, 0.717) is 11.4 Å². The van der Waals surface area contributed by atoms with Crippen molar-refractivity contribution in [2.75, 3.05) is 24.3 Å². The molecule has 0 radical (unpaired) electrons. The van der Waals surface area contributed by atoms with E-state index in [1.807, 2.05) is 55.9 Å². The smallest absolute Gasteiger partial charge is 0.325 e. The van der Waals surface area contributed by atoms with Crippen molar-refractivity contribution in [2.24, 2.45) is 5.92 Å². The normalized spacial score (nSPS) is 18.6. The number of pyridine rings is 1. The molecule has 1 saturated carbocycles. The Kier molecular flexibility index (Phi) is 5.13. The van der Waals surface area contributed by atoms with Crippen LogP contribution in [0.2, 0.25) is 0 Å². The van der Waals surface area contributed by atoms with Gasteiger partial charge in [-0.2, -0.15) is 5.10 Å². The molecule has 2 heterocycles. The van der Waals surface area contributed by atoms with Crippen LogP contribution in [0, 0.1) is 12.8 Å². The summed E-state index contributed by atoms with van der Waals surface area (Å²) in [6.07, 6.45) is 3.78. The topological polar surface area (TPSA) is 94.5 Å². The van der Waals surface area contributed by atoms with Gasteiger partial charge in [-0.3, -0.25) is 14.7 Å². The molecule has 0 saturated heterocycles. The number of aliphatic hydroxyl groups is 1. The largest absolute Gasteiger partial charge is 0.390 e. The molecule has 0 spiro atoms. The summed E-state index contributed by atoms with van der Waals surface area (Å²) in [6, 6.07) is 9.17. The molecule has 3 N–H and O–H groups in total. The first-order valence-corrected chi connectivity index (χ1v) is 10.5. The van der Waals surface area contributed by atoms with Crippen LogP contribution in [0.25, 0.3) is 10.9 Å². The monoisotopic (exact) mass is 424 g/mol. The number of hydrogen-bond acceptors (Lipinski definition) is 5. The molecule has 0 bridgehead atoms. The lowest BCUT2D eigenvalue weighted by molar-refractivity contribution is -0.909. The second kappa shape index (κ2) is 7.53. The van der Waals surface area contributed by atoms with Crippen molar-refractivity contribution in [1.29, 1.82) is 0 Å². The molecule has 8 heteroatoms. The third kappa shape index (κ3) is 3.95. The van der Waals surface area contributed by atoms with Crippen molar-refractivity contribution in [3.8, 4) is 0 Å². The van der Waals surface area contributed by atoms with Gasteiger partial charge in [0.15, 0.2) is 0 Å². The average Bonchev–Trinajstić information content (AvgIpc) is 3.02. The Labute approximate surface area is 181 Å². The Morgan fingerprint density at radius 3 is 2.65 bits per heavy atom. The third-order valence-corrected chi connectivity index (χ3v) is 6.24. The van der Waals surface area contributed by atoms with E-state index in [1.165, 1.54) is 0 Å². The van der Waals surface area contributed by atoms with Gasteiger partial charge >= 0.3 is 11.6 Å². The summed E-state index contributed by atoms with van der Waals surface area (Å²) in [4.78, 5) is 14.8. The van der Waals surface area contributed by atoms with Gasteiger partial charge < -0.3 is 15.3 Å². The van der Waals surface area contributed by atoms with Crippen LogP contribution in [-0.4, -0.2) is 45.7 Å². The molecular formula is C23H30N5O3+. The highest BCUT2D eigenvalue weighted by Crippen LogP contribution is 2.44. The molecule has 4 rings (SSSR count). The van der Waals surface area contributed by atoms with Crippen LogP contribution in [0.3, 0.4) is 0 Å². The molecule has 8 nitrogen and oxygen atoms in total. The summed E-state index contributed by atoms with van der Waals surface area (Å²) in [6.45, 7) is 5.44. The minimum atomic E-state index is -0.669. The van der Waals surface area contributed by atoms with Gasteiger partial charge in [-0.05, 0) is 50.8 Å². The van der Waals surface area contributed by atoms with Crippen molar-refractivity contribution in [3.05, 3.63) is 47.9 Å². The van der Waals surface area contributed by atoms with Gasteiger partial charge in [0.1, 0.15) is 0 Å². The fourth-order valence-electron chi connectivity index (χ4n) is 4.09. The van der Waals surface area contributed by atoms with E-state index in [1.54, 1.807) is 25.1 Å². The molecule has 3 aromatic rings. The Bertz CT molecular complexity index is 1140. The third-order valence-electron chi connectivity index (χ3n) is 6.24. The predicted molar refractivity (Wildman–Crippen MR) is 119 cm³/mol. The molecule has 1 amide bonds. The molecule has 1 aliphatic carbocycles. The van der Waals surface area contributed by atoms with E-state index in [-0.39, 0.29) is 17.7 Å². The van der Waals surface area contributed by atoms with Crippen LogP contribution in [0.1, 0.15) is 48.9 Å². The number of rotatable bonds is 5. The number of aromatic nitrogens is 3. The van der Waals surface area contributed by atoms with Crippen molar-refractivity contribution in [3.63, 3.8) is 0 Å². The van der Waals surface area contributed by atoms with Crippen molar-refractivity contribution in [1.82, 2.24) is 9.78 Å². The number of benzene rings is 1. The van der Waals surface area contributed by atoms with Gasteiger partial charge in [-0.25, -0.2) is 0 Å². The fourth-order valence-corrected chi connectivity index (χ4v) is 4.09. The molecule has 164 valence electrons. The molecular weight excluding hydrogens is 394 g/mol. The summed E-state index contributed by atoms with van der Waals surface area (Å²) < 4.78 is 2.86. The van der Waals surface area contributed by atoms with Crippen LogP contribution in [0.4, 0.5) is 11.4 Å². The highest BCUT2D eigenvalue weighted by atomic mass is 16.5. The number of carbonyl (C=O) groups excluding carboxylic acids is 1. The van der Waals surface area contributed by atoms with E-state index in [4.69, 9.17) is 5.10 Å². The lowest BCUT2D eigenvalue weighted by Crippen LogP contribution is -2.42. The molecule has 0 atom stereocenters. The van der Waals surface area contributed by atoms with Gasteiger partial charge in [0.25, 0.3) is 0 Å². The van der Waals surface area contributed by atoms with E-state index < -0.39 is 11.5 Å². The van der Waals surface area contributed by atoms with Gasteiger partial charge in [0.2, 0.25) is 5.69 Å². The number of amides is 1. The van der Waals surface area contributed by atoms with Crippen molar-refractivity contribution < 1.29 is 19.8 Å². The van der Waals surface area contributed by atoms with Gasteiger partial charge in [-0.1, -0.05) is 0 Å². The molecule has 1 aromatic carbocycles. The predicted octanol–water partition coefficient (Wildman–Crippen LogP) is 2.91. The van der Waals surface area contributed by atoms with E-state index >= 15 is 0 Å². The number of aryl methyl sites for hydroxylation is 1. The first-order valence-electron chi connectivity index (χ1n) is 10.5. The summed E-state index contributed by atoms with van der Waals surface area (Å²) in [7, 11) is 3.82. The Morgan fingerprint density at radius 1 is 1.29 bits per heavy atom. The van der Waals surface area contributed by atoms with Gasteiger partial charge in [0.05, 0.1) is 28.5 Å². The van der Waals surface area contributed by atoms with E-state index in [0.717, 1.165) is 34.2 Å². The second-order valence-corrected chi connectivity index (χ2v) is 9.23. The maximum absolute atomic E-state index is 12.8. The number of anilines is 2. The zero-order valence-corrected chi connectivity index (χ0v) is 18.6. The molecule has 0 unspecified atom stereocenters. The number of carbonyl (C=O) groups is 1. The minimum absolute atomic E-state index is 0.160. The van der Waals surface area contributed by atoms with Crippen LogP contribution in [0.5, 0.6) is 0 Å². The van der Waals surface area contributed by atoms with Crippen molar-refractivity contribution >= 4 is 28.2 Å². The number of fused-ring (bicyclic) bond motifs is 1. The Morgan fingerprint density at radius 2 is 2.00 bits per heavy atom. The van der Waals surface area contributed by atoms with Crippen LogP contribution in [0.15, 0.2) is 36.5 Å². The zero-order chi connectivity index (χ0) is 22.5. The number of nitrogens with one attached hydrogen (secondary N) is 1. The summed E-state index contributed by atoms with van der Waals surface area (Å²) in [5.74, 6) is -0.121. The highest BCUT2D eigenvalue weighted by molar-refractivity contribution is 6.05. The van der Waals surface area contributed by atoms with E-state index in [9.17, 15) is 15.1 Å². The molecule has 1 fully saturated rings. The summed E-state index contributed by atoms with van der Waals surface area (Å²) in [5.41, 5.74) is 2.38. The maximum Gasteiger partial charge on any atom is 0.325 e. The summed E-state index contributed by atoms with van der Waals surface area (Å²) >= 11 is 0. The van der Waals surface area contributed by atoms with E-state index in [2.05, 4.69) is 5.32 Å².